The summed E-state index contributed by atoms with van der Waals surface area (Å²) in [7, 11) is 6.79. The number of aliphatic carboxylic acids is 1. The highest BCUT2D eigenvalue weighted by Gasteiger charge is 2.70. The number of carboxylic acid groups (broad SMARTS) is 1. The number of nitrogens with one attached hydrogen (secondary N) is 3. The minimum absolute atomic E-state index is 0.00292. The predicted molar refractivity (Wildman–Crippen MR) is 180 cm³/mol. The Balaban J connectivity index is 1.36. The number of hydrogen-bond acceptors (Lipinski definition) is 14. The fourth-order valence-electron chi connectivity index (χ4n) is 8.26. The van der Waals surface area contributed by atoms with E-state index >= 15 is 0 Å². The normalized spacial score (nSPS) is 32.0. The van der Waals surface area contributed by atoms with Gasteiger partial charge in [0.25, 0.3) is 5.79 Å². The Labute approximate surface area is 292 Å². The topological polar surface area (TPSA) is 210 Å². The van der Waals surface area contributed by atoms with Crippen LogP contribution in [0, 0.1) is 0 Å². The Bertz CT molecular complexity index is 1950. The van der Waals surface area contributed by atoms with Gasteiger partial charge < -0.3 is 69.9 Å². The summed E-state index contributed by atoms with van der Waals surface area (Å²) >= 11 is 0. The molecule has 15 heteroatoms. The van der Waals surface area contributed by atoms with Gasteiger partial charge in [0.2, 0.25) is 11.4 Å². The van der Waals surface area contributed by atoms with Crippen LogP contribution in [-0.2, 0) is 16.1 Å². The quantitative estimate of drug-likeness (QED) is 0.156. The number of likely N-dealkylation sites (N-methyl/N-ethyl adjacent to an activating group) is 1. The maximum Gasteiger partial charge on any atom is 0.343 e. The molecule has 5 heterocycles. The lowest BCUT2D eigenvalue weighted by Crippen LogP contribution is -2.79. The fraction of sp³-hybridized carbons (Fsp3) is 0.417. The third-order valence-electron chi connectivity index (χ3n) is 10.5. The zero-order valence-corrected chi connectivity index (χ0v) is 28.2. The highest BCUT2D eigenvalue weighted by Crippen LogP contribution is 2.64. The third kappa shape index (κ3) is 4.55. The molecule has 8 N–H and O–H groups in total. The van der Waals surface area contributed by atoms with E-state index < -0.39 is 53.9 Å². The summed E-state index contributed by atoms with van der Waals surface area (Å²) in [6.45, 7) is 0.910. The van der Waals surface area contributed by atoms with Crippen molar-refractivity contribution in [2.45, 2.75) is 60.4 Å². The number of aliphatic hydroxyl groups excluding tert-OH is 3. The van der Waals surface area contributed by atoms with Crippen molar-refractivity contribution >= 4 is 11.7 Å². The van der Waals surface area contributed by atoms with Gasteiger partial charge in [0.15, 0.2) is 29.1 Å². The number of ether oxygens (including phenoxy) is 6. The first kappa shape index (κ1) is 33.4. The van der Waals surface area contributed by atoms with E-state index in [2.05, 4.69) is 16.0 Å². The van der Waals surface area contributed by atoms with Gasteiger partial charge in [0, 0.05) is 24.2 Å². The second-order valence-corrected chi connectivity index (χ2v) is 13.3. The van der Waals surface area contributed by atoms with Crippen LogP contribution in [-0.4, -0.2) is 108 Å². The first-order valence-electron chi connectivity index (χ1n) is 16.6. The molecule has 0 aromatic heterocycles. The van der Waals surface area contributed by atoms with Crippen LogP contribution in [0.2, 0.25) is 0 Å². The molecule has 3 aromatic rings. The number of anilines is 1. The van der Waals surface area contributed by atoms with E-state index in [1.807, 2.05) is 20.2 Å². The van der Waals surface area contributed by atoms with Gasteiger partial charge in [-0.2, -0.15) is 0 Å². The summed E-state index contributed by atoms with van der Waals surface area (Å²) < 4.78 is 37.9. The maximum absolute atomic E-state index is 12.5. The van der Waals surface area contributed by atoms with Crippen LogP contribution in [0.4, 0.5) is 5.69 Å². The lowest BCUT2D eigenvalue weighted by molar-refractivity contribution is -0.356. The molecule has 0 saturated carbocycles. The molecule has 51 heavy (non-hydrogen) atoms. The number of fused-ring (bicyclic) bond motifs is 8. The van der Waals surface area contributed by atoms with Crippen LogP contribution >= 0.6 is 0 Å². The van der Waals surface area contributed by atoms with Crippen molar-refractivity contribution in [2.24, 2.45) is 0 Å². The molecule has 8 rings (SSSR count). The second kappa shape index (κ2) is 11.9. The van der Waals surface area contributed by atoms with E-state index in [4.69, 9.17) is 28.4 Å². The number of aliphatic hydroxyl groups is 3. The van der Waals surface area contributed by atoms with Crippen molar-refractivity contribution in [3.8, 4) is 45.6 Å². The van der Waals surface area contributed by atoms with Gasteiger partial charge in [-0.25, -0.2) is 4.79 Å². The third-order valence-corrected chi connectivity index (χ3v) is 10.5. The van der Waals surface area contributed by atoms with E-state index in [0.29, 0.717) is 58.5 Å². The number of carbonyl (C=O) groups is 1. The number of aromatic hydroxyl groups is 1. The van der Waals surface area contributed by atoms with Crippen LogP contribution in [0.5, 0.6) is 34.5 Å². The molecule has 2 bridgehead atoms. The number of methoxy groups -OCH3 is 2. The Morgan fingerprint density at radius 1 is 1.00 bits per heavy atom. The van der Waals surface area contributed by atoms with Crippen molar-refractivity contribution in [2.75, 3.05) is 40.2 Å². The average molecular weight is 706 g/mol. The lowest BCUT2D eigenvalue weighted by atomic mass is 9.75. The second-order valence-electron chi connectivity index (χ2n) is 13.3. The maximum atomic E-state index is 12.5. The Hall–Kier alpha value is -4.77. The van der Waals surface area contributed by atoms with Gasteiger partial charge in [-0.1, -0.05) is 18.2 Å². The van der Waals surface area contributed by atoms with E-state index in [-0.39, 0.29) is 17.4 Å². The summed E-state index contributed by atoms with van der Waals surface area (Å²) in [5, 5.41) is 63.7. The Morgan fingerprint density at radius 3 is 2.49 bits per heavy atom. The summed E-state index contributed by atoms with van der Waals surface area (Å²) in [4.78, 5) is 12.5. The zero-order chi connectivity index (χ0) is 36.0. The smallest absolute Gasteiger partial charge is 0.343 e. The molecule has 5 aliphatic heterocycles. The van der Waals surface area contributed by atoms with Gasteiger partial charge in [-0.05, 0) is 61.1 Å². The van der Waals surface area contributed by atoms with E-state index in [1.54, 1.807) is 44.6 Å². The number of rotatable bonds is 8. The number of benzene rings is 3. The molecule has 1 fully saturated rings. The Kier molecular flexibility index (Phi) is 7.79. The molecule has 270 valence electrons. The molecular weight excluding hydrogens is 666 g/mol. The van der Waals surface area contributed by atoms with Gasteiger partial charge >= 0.3 is 5.97 Å². The molecule has 5 aliphatic rings. The fourth-order valence-corrected chi connectivity index (χ4v) is 8.26. The Morgan fingerprint density at radius 2 is 1.80 bits per heavy atom. The standard InChI is InChI=1S/C36H39N3O12/c1-37-13-16-11-20(46-3)28(47-4)31-23(16)25-21(14-38-2)48-30-24(29(25)49-31)18(15-6-5-7-17(40)10-15)12-19-26(30)39-22-8-9-35(34(44)45)32(42)27(41)33(43)36(22,50-19)51-35/h5-12,21-22,25,27,29,32-33,37-43H,13-14H2,1-4H3,(H,44,45)/t21-,22-,25-,27-,29-,32-,33+,35-,36+/m0/s1. The molecular formula is C36H39N3O12. The molecule has 1 spiro atoms. The molecule has 0 amide bonds. The van der Waals surface area contributed by atoms with Crippen LogP contribution < -0.4 is 39.6 Å². The minimum atomic E-state index is -2.40. The van der Waals surface area contributed by atoms with Crippen LogP contribution in [0.15, 0.2) is 48.6 Å². The monoisotopic (exact) mass is 705 g/mol. The van der Waals surface area contributed by atoms with Gasteiger partial charge in [0.1, 0.15) is 41.9 Å². The summed E-state index contributed by atoms with van der Waals surface area (Å²) in [6, 6.07) is 9.18. The van der Waals surface area contributed by atoms with Crippen molar-refractivity contribution in [1.82, 2.24) is 10.6 Å². The van der Waals surface area contributed by atoms with E-state index in [0.717, 1.165) is 17.2 Å². The highest BCUT2D eigenvalue weighted by atomic mass is 16.7. The minimum Gasteiger partial charge on any atom is -0.508 e. The number of phenolic OH excluding ortho intramolecular Hbond substituents is 1. The van der Waals surface area contributed by atoms with Crippen LogP contribution in [0.25, 0.3) is 11.1 Å². The first-order chi connectivity index (χ1) is 24.5. The molecule has 3 aromatic carbocycles. The van der Waals surface area contributed by atoms with E-state index in [1.165, 1.54) is 6.08 Å². The molecule has 1 saturated heterocycles. The van der Waals surface area contributed by atoms with Gasteiger partial charge in [-0.15, -0.1) is 0 Å². The molecule has 15 nitrogen and oxygen atoms in total. The predicted octanol–water partition coefficient (Wildman–Crippen LogP) is 1.37. The number of phenols is 1. The number of carboxylic acids is 1. The number of hydrogen-bond donors (Lipinski definition) is 8. The van der Waals surface area contributed by atoms with E-state index in [9.17, 15) is 30.3 Å². The van der Waals surface area contributed by atoms with Crippen molar-refractivity contribution < 1.29 is 58.7 Å². The van der Waals surface area contributed by atoms with Crippen LogP contribution in [0.3, 0.4) is 0 Å². The molecule has 0 aliphatic carbocycles. The van der Waals surface area contributed by atoms with Gasteiger partial charge in [0.05, 0.1) is 20.1 Å². The molecule has 0 unspecified atom stereocenters. The summed E-state index contributed by atoms with van der Waals surface area (Å²) in [5.41, 5.74) is 1.56. The summed E-state index contributed by atoms with van der Waals surface area (Å²) in [6.07, 6.45) is -4.36. The largest absolute Gasteiger partial charge is 0.508 e. The van der Waals surface area contributed by atoms with Crippen LogP contribution in [0.1, 0.15) is 28.7 Å². The molecule has 9 atom stereocenters. The first-order valence-corrected chi connectivity index (χ1v) is 16.6. The zero-order valence-electron chi connectivity index (χ0n) is 28.2. The van der Waals surface area contributed by atoms with Crippen molar-refractivity contribution in [1.29, 1.82) is 0 Å². The SMILES string of the molecule is CNCc1cc(OC)c(OC)c2c1[C@@H]1[C@H](CNC)Oc3c4c(cc(-c5cccc(O)c5)c3[C@@H]1O2)O[C@@]12O[C@@](C(=O)O)(C=C[C@@H]1N4)[C@@H](O)[C@H](O)[C@H]2O. The average Bonchev–Trinajstić information content (AvgIpc) is 3.53. The van der Waals surface area contributed by atoms with Crippen molar-refractivity contribution in [3.63, 3.8) is 0 Å². The molecule has 0 radical (unpaired) electrons. The highest BCUT2D eigenvalue weighted by molar-refractivity contribution is 5.86. The summed E-state index contributed by atoms with van der Waals surface area (Å²) in [5.74, 6) is -2.15. The van der Waals surface area contributed by atoms with Crippen molar-refractivity contribution in [3.05, 3.63) is 65.2 Å². The lowest BCUT2D eigenvalue weighted by Gasteiger charge is -2.57. The van der Waals surface area contributed by atoms with Gasteiger partial charge in [-0.3, -0.25) is 0 Å².